The van der Waals surface area contributed by atoms with Crippen molar-refractivity contribution in [3.05, 3.63) is 156 Å². The van der Waals surface area contributed by atoms with Crippen LogP contribution in [0.1, 0.15) is 31.8 Å². The molecule has 6 aromatic carbocycles. The predicted octanol–water partition coefficient (Wildman–Crippen LogP) is 10.2. The van der Waals surface area contributed by atoms with Gasteiger partial charge in [0.15, 0.2) is 0 Å². The molecule has 0 spiro atoms. The summed E-state index contributed by atoms with van der Waals surface area (Å²) in [4.78, 5) is 29.9. The molecule has 0 saturated carbocycles. The summed E-state index contributed by atoms with van der Waals surface area (Å²) in [5, 5.41) is 1.36. The van der Waals surface area contributed by atoms with E-state index in [9.17, 15) is 22.8 Å². The normalized spacial score (nSPS) is 13.1. The molecule has 0 bridgehead atoms. The van der Waals surface area contributed by atoms with Crippen LogP contribution in [-0.4, -0.2) is 16.4 Å². The van der Waals surface area contributed by atoms with Crippen molar-refractivity contribution in [2.45, 2.75) is 13.1 Å². The number of alkyl halides is 3. The third-order valence-electron chi connectivity index (χ3n) is 8.81. The van der Waals surface area contributed by atoms with E-state index in [4.69, 9.17) is 0 Å². The van der Waals surface area contributed by atoms with E-state index >= 15 is 0 Å². The highest BCUT2D eigenvalue weighted by Crippen LogP contribution is 2.42. The van der Waals surface area contributed by atoms with E-state index in [0.29, 0.717) is 33.4 Å². The Morgan fingerprint density at radius 2 is 1.19 bits per heavy atom. The standard InChI is InChI=1S/C40H25F3N2O2/c1-24-15-18-29-30-19-17-28(40(41,42)43)23-36(30)44(35(29)21-24)34-14-8-13-31-37(34)39(47)45(38(31)46)33-20-16-27(25-9-4-2-5-10-25)22-32(33)26-11-6-3-7-12-26/h2-23H,1H3. The van der Waals surface area contributed by atoms with Gasteiger partial charge in [-0.2, -0.15) is 13.2 Å². The van der Waals surface area contributed by atoms with E-state index in [0.717, 1.165) is 39.8 Å². The van der Waals surface area contributed by atoms with Crippen molar-refractivity contribution < 1.29 is 22.8 Å². The largest absolute Gasteiger partial charge is 0.416 e. The Bertz CT molecular complexity index is 2390. The maximum absolute atomic E-state index is 14.5. The van der Waals surface area contributed by atoms with Gasteiger partial charge < -0.3 is 4.57 Å². The molecule has 2 amide bonds. The van der Waals surface area contributed by atoms with Gasteiger partial charge in [0, 0.05) is 16.3 Å². The Morgan fingerprint density at radius 1 is 0.532 bits per heavy atom. The molecule has 0 saturated heterocycles. The molecule has 0 atom stereocenters. The highest BCUT2D eigenvalue weighted by atomic mass is 19.4. The van der Waals surface area contributed by atoms with Crippen molar-refractivity contribution in [2.24, 2.45) is 0 Å². The summed E-state index contributed by atoms with van der Waals surface area (Å²) in [5.74, 6) is -1.04. The lowest BCUT2D eigenvalue weighted by molar-refractivity contribution is -0.137. The second kappa shape index (κ2) is 10.6. The lowest BCUT2D eigenvalue weighted by atomic mass is 9.97. The Balaban J connectivity index is 1.35. The first kappa shape index (κ1) is 28.5. The molecule has 7 heteroatoms. The number of amides is 2. The Labute approximate surface area is 267 Å². The van der Waals surface area contributed by atoms with Crippen LogP contribution in [0.5, 0.6) is 0 Å². The molecule has 7 aromatic rings. The first-order valence-electron chi connectivity index (χ1n) is 15.1. The molecule has 47 heavy (non-hydrogen) atoms. The van der Waals surface area contributed by atoms with Crippen LogP contribution >= 0.6 is 0 Å². The van der Waals surface area contributed by atoms with Gasteiger partial charge in [-0.25, -0.2) is 4.90 Å². The summed E-state index contributed by atoms with van der Waals surface area (Å²) in [6, 6.07) is 39.3. The van der Waals surface area contributed by atoms with Gasteiger partial charge in [0.2, 0.25) is 0 Å². The molecule has 0 N–H and O–H groups in total. The van der Waals surface area contributed by atoms with Crippen LogP contribution < -0.4 is 4.90 Å². The molecule has 228 valence electrons. The fourth-order valence-electron chi connectivity index (χ4n) is 6.63. The average molecular weight is 623 g/mol. The third-order valence-corrected chi connectivity index (χ3v) is 8.81. The summed E-state index contributed by atoms with van der Waals surface area (Å²) in [6.45, 7) is 1.90. The summed E-state index contributed by atoms with van der Waals surface area (Å²) < 4.78 is 43.5. The second-order valence-corrected chi connectivity index (χ2v) is 11.7. The zero-order valence-corrected chi connectivity index (χ0v) is 25.0. The van der Waals surface area contributed by atoms with Gasteiger partial charge in [0.1, 0.15) is 0 Å². The van der Waals surface area contributed by atoms with Crippen LogP contribution in [-0.2, 0) is 6.18 Å². The number of rotatable bonds is 4. The maximum Gasteiger partial charge on any atom is 0.416 e. The summed E-state index contributed by atoms with van der Waals surface area (Å²) in [5.41, 5.74) is 5.57. The van der Waals surface area contributed by atoms with Crippen molar-refractivity contribution in [3.8, 4) is 27.9 Å². The van der Waals surface area contributed by atoms with E-state index in [1.165, 1.54) is 11.0 Å². The number of carbonyl (C=O) groups is 2. The van der Waals surface area contributed by atoms with Crippen LogP contribution in [0.2, 0.25) is 0 Å². The van der Waals surface area contributed by atoms with Crippen molar-refractivity contribution >= 4 is 39.3 Å². The van der Waals surface area contributed by atoms with Crippen LogP contribution in [0.3, 0.4) is 0 Å². The molecule has 0 aliphatic carbocycles. The molecular weight excluding hydrogens is 597 g/mol. The van der Waals surface area contributed by atoms with Gasteiger partial charge in [-0.15, -0.1) is 0 Å². The SMILES string of the molecule is Cc1ccc2c3ccc(C(F)(F)F)cc3n(-c3cccc4c3C(=O)N(c3ccc(-c5ccccc5)cc3-c3ccccc3)C4=O)c2c1. The van der Waals surface area contributed by atoms with Crippen LogP contribution in [0, 0.1) is 6.92 Å². The number of hydrogen-bond donors (Lipinski definition) is 0. The molecule has 1 aliphatic heterocycles. The zero-order valence-electron chi connectivity index (χ0n) is 25.0. The zero-order chi connectivity index (χ0) is 32.4. The van der Waals surface area contributed by atoms with Gasteiger partial charge in [0.05, 0.1) is 39.1 Å². The topological polar surface area (TPSA) is 42.3 Å². The molecule has 8 rings (SSSR count). The lowest BCUT2D eigenvalue weighted by Crippen LogP contribution is -2.30. The molecule has 4 nitrogen and oxygen atoms in total. The highest BCUT2D eigenvalue weighted by molar-refractivity contribution is 6.36. The lowest BCUT2D eigenvalue weighted by Gasteiger charge is -2.20. The maximum atomic E-state index is 14.5. The molecule has 1 aliphatic rings. The first-order valence-corrected chi connectivity index (χ1v) is 15.1. The van der Waals surface area contributed by atoms with Crippen LogP contribution in [0.15, 0.2) is 133 Å². The second-order valence-electron chi connectivity index (χ2n) is 11.7. The number of imide groups is 1. The predicted molar refractivity (Wildman–Crippen MR) is 179 cm³/mol. The molecule has 0 unspecified atom stereocenters. The summed E-state index contributed by atoms with van der Waals surface area (Å²) in [6.07, 6.45) is -4.56. The molecule has 2 heterocycles. The number of fused-ring (bicyclic) bond motifs is 4. The number of halogens is 3. The number of hydrogen-bond acceptors (Lipinski definition) is 2. The van der Waals surface area contributed by atoms with Gasteiger partial charge in [-0.1, -0.05) is 91.0 Å². The van der Waals surface area contributed by atoms with Crippen LogP contribution in [0.25, 0.3) is 49.7 Å². The van der Waals surface area contributed by atoms with Gasteiger partial charge in [-0.05, 0) is 71.6 Å². The van der Waals surface area contributed by atoms with Crippen LogP contribution in [0.4, 0.5) is 18.9 Å². The quantitative estimate of drug-likeness (QED) is 0.183. The first-order chi connectivity index (χ1) is 22.7. The van der Waals surface area contributed by atoms with Gasteiger partial charge in [0.25, 0.3) is 11.8 Å². The number of aryl methyl sites for hydroxylation is 1. The van der Waals surface area contributed by atoms with Crippen molar-refractivity contribution in [1.82, 2.24) is 4.57 Å². The van der Waals surface area contributed by atoms with E-state index in [-0.39, 0.29) is 11.1 Å². The molecule has 0 radical (unpaired) electrons. The third kappa shape index (κ3) is 4.54. The summed E-state index contributed by atoms with van der Waals surface area (Å²) in [7, 11) is 0. The highest BCUT2D eigenvalue weighted by Gasteiger charge is 2.40. The number of anilines is 1. The Hall–Kier alpha value is -5.95. The van der Waals surface area contributed by atoms with Crippen molar-refractivity contribution in [1.29, 1.82) is 0 Å². The Morgan fingerprint density at radius 3 is 1.89 bits per heavy atom. The number of aromatic nitrogens is 1. The van der Waals surface area contributed by atoms with Gasteiger partial charge in [-0.3, -0.25) is 9.59 Å². The monoisotopic (exact) mass is 622 g/mol. The minimum atomic E-state index is -4.56. The van der Waals surface area contributed by atoms with E-state index < -0.39 is 23.6 Å². The molecule has 0 fully saturated rings. The average Bonchev–Trinajstić information content (AvgIpc) is 3.54. The van der Waals surface area contributed by atoms with E-state index in [1.807, 2.05) is 97.9 Å². The van der Waals surface area contributed by atoms with E-state index in [1.54, 1.807) is 28.8 Å². The molecular formula is C40H25F3N2O2. The Kier molecular flexibility index (Phi) is 6.41. The fourth-order valence-corrected chi connectivity index (χ4v) is 6.63. The minimum Gasteiger partial charge on any atom is -0.308 e. The van der Waals surface area contributed by atoms with Crippen molar-refractivity contribution in [3.63, 3.8) is 0 Å². The minimum absolute atomic E-state index is 0.140. The van der Waals surface area contributed by atoms with Gasteiger partial charge >= 0.3 is 6.18 Å². The van der Waals surface area contributed by atoms with Crippen molar-refractivity contribution in [2.75, 3.05) is 4.90 Å². The number of benzene rings is 6. The number of carbonyl (C=O) groups excluding carboxylic acids is 2. The van der Waals surface area contributed by atoms with E-state index in [2.05, 4.69) is 0 Å². The fraction of sp³-hybridized carbons (Fsp3) is 0.0500. The molecule has 1 aromatic heterocycles. The summed E-state index contributed by atoms with van der Waals surface area (Å²) >= 11 is 0. The number of nitrogens with zero attached hydrogens (tertiary/aromatic N) is 2. The smallest absolute Gasteiger partial charge is 0.308 e.